The third-order valence-electron chi connectivity index (χ3n) is 7.61. The molecule has 2 aliphatic heterocycles. The van der Waals surface area contributed by atoms with Gasteiger partial charge in [-0.25, -0.2) is 4.79 Å². The average molecular weight is 430 g/mol. The molecule has 2 amide bonds. The van der Waals surface area contributed by atoms with Crippen LogP contribution in [0.25, 0.3) is 0 Å². The lowest BCUT2D eigenvalue weighted by atomic mass is 9.78. The number of aliphatic hydroxyl groups excluding tert-OH is 1. The number of rotatable bonds is 4. The van der Waals surface area contributed by atoms with Crippen LogP contribution in [0.2, 0.25) is 0 Å². The van der Waals surface area contributed by atoms with E-state index in [4.69, 9.17) is 0 Å². The average Bonchev–Trinajstić information content (AvgIpc) is 3.04. The molecule has 2 saturated heterocycles. The molecule has 0 aromatic heterocycles. The van der Waals surface area contributed by atoms with Crippen molar-refractivity contribution in [2.24, 2.45) is 5.41 Å². The van der Waals surface area contributed by atoms with Crippen molar-refractivity contribution in [3.63, 3.8) is 0 Å². The summed E-state index contributed by atoms with van der Waals surface area (Å²) in [5, 5.41) is 19.2. The van der Waals surface area contributed by atoms with Gasteiger partial charge in [-0.05, 0) is 82.6 Å². The first kappa shape index (κ1) is 21.9. The molecule has 1 saturated carbocycles. The Kier molecular flexibility index (Phi) is 6.15. The molecule has 170 valence electrons. The number of carbonyl (C=O) groups is 2. The van der Waals surface area contributed by atoms with Crippen molar-refractivity contribution < 1.29 is 19.8 Å². The van der Waals surface area contributed by atoms with Crippen molar-refractivity contribution >= 4 is 23.4 Å². The minimum absolute atomic E-state index is 0.205. The maximum atomic E-state index is 13.5. The zero-order chi connectivity index (χ0) is 22.2. The number of hydrogen-bond donors (Lipinski definition) is 2. The molecule has 31 heavy (non-hydrogen) atoms. The lowest BCUT2D eigenvalue weighted by Gasteiger charge is -2.42. The molecule has 1 atom stereocenters. The van der Waals surface area contributed by atoms with Gasteiger partial charge >= 0.3 is 6.09 Å². The highest BCUT2D eigenvalue weighted by atomic mass is 16.4. The van der Waals surface area contributed by atoms with Crippen molar-refractivity contribution in [1.82, 2.24) is 4.90 Å². The number of hydrogen-bond acceptors (Lipinski definition) is 4. The second-order valence-corrected chi connectivity index (χ2v) is 9.51. The fraction of sp³-hybridized carbons (Fsp3) is 0.667. The van der Waals surface area contributed by atoms with Gasteiger partial charge in [-0.1, -0.05) is 0 Å². The molecule has 0 radical (unpaired) electrons. The SMILES string of the molecule is CCN(C(=O)O)c1ccc(N2CCCC3(CCN([C@H]4CC[C@H](O)CC4)C3=O)C2)c(C)c1. The van der Waals surface area contributed by atoms with E-state index in [1.165, 1.54) is 4.90 Å². The molecule has 1 aliphatic carbocycles. The Morgan fingerprint density at radius 2 is 1.94 bits per heavy atom. The summed E-state index contributed by atoms with van der Waals surface area (Å²) in [7, 11) is 0. The first-order valence-corrected chi connectivity index (χ1v) is 11.7. The van der Waals surface area contributed by atoms with Gasteiger partial charge in [0.1, 0.15) is 0 Å². The Balaban J connectivity index is 1.50. The van der Waals surface area contributed by atoms with Crippen molar-refractivity contribution in [2.45, 2.75) is 70.9 Å². The van der Waals surface area contributed by atoms with Crippen molar-refractivity contribution in [3.8, 4) is 0 Å². The Bertz CT molecular complexity index is 836. The highest BCUT2D eigenvalue weighted by Crippen LogP contribution is 2.44. The first-order chi connectivity index (χ1) is 14.8. The third kappa shape index (κ3) is 4.12. The van der Waals surface area contributed by atoms with Crippen LogP contribution < -0.4 is 9.80 Å². The maximum absolute atomic E-state index is 13.5. The molecular formula is C24H35N3O4. The second kappa shape index (κ2) is 8.69. The smallest absolute Gasteiger partial charge is 0.411 e. The molecule has 3 aliphatic rings. The molecule has 4 rings (SSSR count). The number of carbonyl (C=O) groups excluding carboxylic acids is 1. The van der Waals surface area contributed by atoms with Crippen LogP contribution in [0.4, 0.5) is 16.2 Å². The Hall–Kier alpha value is -2.28. The van der Waals surface area contributed by atoms with E-state index in [9.17, 15) is 19.8 Å². The van der Waals surface area contributed by atoms with Gasteiger partial charge in [-0.15, -0.1) is 0 Å². The number of likely N-dealkylation sites (tertiary alicyclic amines) is 1. The lowest BCUT2D eigenvalue weighted by Crippen LogP contribution is -2.50. The van der Waals surface area contributed by atoms with E-state index in [1.54, 1.807) is 0 Å². The van der Waals surface area contributed by atoms with Crippen LogP contribution >= 0.6 is 0 Å². The van der Waals surface area contributed by atoms with Crippen molar-refractivity contribution in [3.05, 3.63) is 23.8 Å². The van der Waals surface area contributed by atoms with Gasteiger partial charge in [-0.3, -0.25) is 9.69 Å². The summed E-state index contributed by atoms with van der Waals surface area (Å²) in [6, 6.07) is 6.10. The van der Waals surface area contributed by atoms with Crippen LogP contribution in [-0.2, 0) is 4.79 Å². The molecule has 1 aromatic carbocycles. The van der Waals surface area contributed by atoms with Crippen LogP contribution in [0.15, 0.2) is 18.2 Å². The van der Waals surface area contributed by atoms with E-state index in [0.29, 0.717) is 18.1 Å². The Morgan fingerprint density at radius 1 is 1.19 bits per heavy atom. The summed E-state index contributed by atoms with van der Waals surface area (Å²) in [4.78, 5) is 30.8. The number of aliphatic hydroxyl groups is 1. The number of benzene rings is 1. The van der Waals surface area contributed by atoms with Gasteiger partial charge in [0.05, 0.1) is 11.5 Å². The van der Waals surface area contributed by atoms with Gasteiger partial charge in [0.2, 0.25) is 5.91 Å². The maximum Gasteiger partial charge on any atom is 0.411 e. The zero-order valence-electron chi connectivity index (χ0n) is 18.7. The summed E-state index contributed by atoms with van der Waals surface area (Å²) in [6.45, 7) is 6.73. The lowest BCUT2D eigenvalue weighted by molar-refractivity contribution is -0.139. The second-order valence-electron chi connectivity index (χ2n) is 9.51. The number of amides is 2. The number of anilines is 2. The van der Waals surface area contributed by atoms with Gasteiger partial charge in [-0.2, -0.15) is 0 Å². The largest absolute Gasteiger partial charge is 0.465 e. The van der Waals surface area contributed by atoms with Crippen LogP contribution in [0, 0.1) is 12.3 Å². The molecule has 2 heterocycles. The van der Waals surface area contributed by atoms with Crippen LogP contribution in [-0.4, -0.2) is 65.4 Å². The van der Waals surface area contributed by atoms with Gasteiger partial charge < -0.3 is 20.0 Å². The fourth-order valence-corrected chi connectivity index (χ4v) is 5.87. The highest BCUT2D eigenvalue weighted by molar-refractivity contribution is 5.87. The van der Waals surface area contributed by atoms with E-state index in [0.717, 1.165) is 75.8 Å². The Morgan fingerprint density at radius 3 is 2.58 bits per heavy atom. The minimum Gasteiger partial charge on any atom is -0.465 e. The van der Waals surface area contributed by atoms with Gasteiger partial charge in [0.15, 0.2) is 0 Å². The van der Waals surface area contributed by atoms with Crippen LogP contribution in [0.1, 0.15) is 57.4 Å². The molecule has 7 heteroatoms. The molecule has 1 spiro atoms. The molecular weight excluding hydrogens is 394 g/mol. The van der Waals surface area contributed by atoms with E-state index in [1.807, 2.05) is 32.0 Å². The fourth-order valence-electron chi connectivity index (χ4n) is 5.87. The summed E-state index contributed by atoms with van der Waals surface area (Å²) in [5.74, 6) is 0.302. The molecule has 1 aromatic rings. The first-order valence-electron chi connectivity index (χ1n) is 11.7. The van der Waals surface area contributed by atoms with Crippen LogP contribution in [0.3, 0.4) is 0 Å². The predicted molar refractivity (Wildman–Crippen MR) is 121 cm³/mol. The van der Waals surface area contributed by atoms with Gasteiger partial charge in [0, 0.05) is 43.6 Å². The molecule has 0 bridgehead atoms. The zero-order valence-corrected chi connectivity index (χ0v) is 18.7. The van der Waals surface area contributed by atoms with E-state index < -0.39 is 6.09 Å². The summed E-state index contributed by atoms with van der Waals surface area (Å²) < 4.78 is 0. The molecule has 2 N–H and O–H groups in total. The topological polar surface area (TPSA) is 84.3 Å². The quantitative estimate of drug-likeness (QED) is 0.764. The number of aryl methyl sites for hydroxylation is 1. The molecule has 3 fully saturated rings. The number of nitrogens with zero attached hydrogens (tertiary/aromatic N) is 3. The summed E-state index contributed by atoms with van der Waals surface area (Å²) >= 11 is 0. The van der Waals surface area contributed by atoms with Gasteiger partial charge in [0.25, 0.3) is 0 Å². The minimum atomic E-state index is -0.946. The predicted octanol–water partition coefficient (Wildman–Crippen LogP) is 3.62. The molecule has 1 unspecified atom stereocenters. The van der Waals surface area contributed by atoms with E-state index in [-0.39, 0.29) is 17.6 Å². The van der Waals surface area contributed by atoms with E-state index >= 15 is 0 Å². The molecule has 7 nitrogen and oxygen atoms in total. The number of carboxylic acid groups (broad SMARTS) is 1. The summed E-state index contributed by atoms with van der Waals surface area (Å²) in [6.07, 6.45) is 5.08. The standard InChI is InChI=1S/C24H35N3O4/c1-3-26(23(30)31)19-7-10-21(17(2)15-19)25-13-4-11-24(16-25)12-14-27(22(24)29)18-5-8-20(28)9-6-18/h7,10,15,18,20,28H,3-6,8-9,11-14,16H2,1-2H3,(H,30,31)/t18-,20-,24?. The Labute approximate surface area is 184 Å². The van der Waals surface area contributed by atoms with E-state index in [2.05, 4.69) is 9.80 Å². The number of piperidine rings is 1. The summed E-state index contributed by atoms with van der Waals surface area (Å²) in [5.41, 5.74) is 2.51. The monoisotopic (exact) mass is 429 g/mol. The third-order valence-corrected chi connectivity index (χ3v) is 7.61. The highest BCUT2D eigenvalue weighted by Gasteiger charge is 2.50. The van der Waals surface area contributed by atoms with Crippen LogP contribution in [0.5, 0.6) is 0 Å². The van der Waals surface area contributed by atoms with Crippen molar-refractivity contribution in [1.29, 1.82) is 0 Å². The van der Waals surface area contributed by atoms with Crippen molar-refractivity contribution in [2.75, 3.05) is 36.0 Å². The normalized spacial score (nSPS) is 28.9.